The van der Waals surface area contributed by atoms with E-state index < -0.39 is 0 Å². The summed E-state index contributed by atoms with van der Waals surface area (Å²) in [5.41, 5.74) is 0. The van der Waals surface area contributed by atoms with Gasteiger partial charge in [-0.25, -0.2) is 0 Å². The van der Waals surface area contributed by atoms with Crippen LogP contribution in [0.1, 0.15) is 40.0 Å². The third-order valence-electron chi connectivity index (χ3n) is 3.81. The van der Waals surface area contributed by atoms with E-state index in [1.165, 1.54) is 19.3 Å². The molecule has 3 heteroatoms. The number of hydrogen-bond donors (Lipinski definition) is 1. The molecule has 1 aliphatic carbocycles. The maximum atomic E-state index is 5.24. The number of methoxy groups -OCH3 is 1. The molecule has 1 saturated carbocycles. The molecule has 0 amide bonds. The van der Waals surface area contributed by atoms with E-state index in [-0.39, 0.29) is 0 Å². The maximum absolute atomic E-state index is 5.24. The number of nitrogens with zero attached hydrogens (tertiary/aromatic N) is 1. The first-order chi connectivity index (χ1) is 8.20. The fourth-order valence-electron chi connectivity index (χ4n) is 2.48. The first-order valence-corrected chi connectivity index (χ1v) is 7.16. The highest BCUT2D eigenvalue weighted by atomic mass is 16.5. The molecule has 2 atom stereocenters. The van der Waals surface area contributed by atoms with Gasteiger partial charge in [-0.05, 0) is 45.6 Å². The van der Waals surface area contributed by atoms with E-state index >= 15 is 0 Å². The van der Waals surface area contributed by atoms with Crippen molar-refractivity contribution in [2.75, 3.05) is 33.4 Å². The first-order valence-electron chi connectivity index (χ1n) is 7.16. The molecule has 1 N–H and O–H groups in total. The molecule has 0 heterocycles. The molecule has 0 aliphatic heterocycles. The highest BCUT2D eigenvalue weighted by Crippen LogP contribution is 2.35. The molecule has 1 aliphatic rings. The van der Waals surface area contributed by atoms with Crippen molar-refractivity contribution in [3.05, 3.63) is 0 Å². The van der Waals surface area contributed by atoms with Crippen molar-refractivity contribution in [3.63, 3.8) is 0 Å². The Morgan fingerprint density at radius 2 is 2.06 bits per heavy atom. The Morgan fingerprint density at radius 3 is 2.59 bits per heavy atom. The average molecular weight is 242 g/mol. The van der Waals surface area contributed by atoms with E-state index in [1.807, 2.05) is 0 Å². The topological polar surface area (TPSA) is 24.5 Å². The Morgan fingerprint density at radius 1 is 1.35 bits per heavy atom. The molecule has 1 rings (SSSR count). The highest BCUT2D eigenvalue weighted by molar-refractivity contribution is 4.87. The van der Waals surface area contributed by atoms with Crippen LogP contribution in [0.15, 0.2) is 0 Å². The van der Waals surface area contributed by atoms with Crippen molar-refractivity contribution in [3.8, 4) is 0 Å². The zero-order valence-electron chi connectivity index (χ0n) is 12.0. The summed E-state index contributed by atoms with van der Waals surface area (Å²) in [7, 11) is 1.79. The fourth-order valence-corrected chi connectivity index (χ4v) is 2.48. The zero-order valence-corrected chi connectivity index (χ0v) is 12.0. The quantitative estimate of drug-likeness (QED) is 0.594. The number of hydrogen-bond acceptors (Lipinski definition) is 3. The van der Waals surface area contributed by atoms with Crippen molar-refractivity contribution in [1.82, 2.24) is 10.2 Å². The van der Waals surface area contributed by atoms with Gasteiger partial charge in [0.1, 0.15) is 0 Å². The normalized spacial score (nSPS) is 19.6. The molecule has 0 radical (unpaired) electrons. The van der Waals surface area contributed by atoms with E-state index in [0.29, 0.717) is 12.1 Å². The first kappa shape index (κ1) is 14.9. The summed E-state index contributed by atoms with van der Waals surface area (Å²) in [4.78, 5) is 2.61. The van der Waals surface area contributed by atoms with E-state index in [1.54, 1.807) is 7.11 Å². The van der Waals surface area contributed by atoms with E-state index in [9.17, 15) is 0 Å². The van der Waals surface area contributed by atoms with Gasteiger partial charge in [0.2, 0.25) is 0 Å². The minimum Gasteiger partial charge on any atom is -0.383 e. The Labute approximate surface area is 107 Å². The van der Waals surface area contributed by atoms with Crippen LogP contribution in [-0.4, -0.2) is 50.3 Å². The predicted octanol–water partition coefficient (Wildman–Crippen LogP) is 2.12. The lowest BCUT2D eigenvalue weighted by molar-refractivity contribution is 0.0869. The molecule has 3 nitrogen and oxygen atoms in total. The number of nitrogens with one attached hydrogen (secondary N) is 1. The van der Waals surface area contributed by atoms with Crippen molar-refractivity contribution >= 4 is 0 Å². The van der Waals surface area contributed by atoms with Crippen LogP contribution in [0.25, 0.3) is 0 Å². The monoisotopic (exact) mass is 242 g/mol. The van der Waals surface area contributed by atoms with Crippen LogP contribution in [-0.2, 0) is 4.74 Å². The van der Waals surface area contributed by atoms with E-state index in [2.05, 4.69) is 31.0 Å². The minimum absolute atomic E-state index is 0.604. The van der Waals surface area contributed by atoms with Crippen LogP contribution in [0.3, 0.4) is 0 Å². The predicted molar refractivity (Wildman–Crippen MR) is 73.4 cm³/mol. The molecule has 0 aromatic heterocycles. The standard InChI is InChI=1S/C14H30N2O/c1-5-8-15-11-12(2)16(9-10-17-4)13(3)14-6-7-14/h12-15H,5-11H2,1-4H3. The van der Waals surface area contributed by atoms with Crippen LogP contribution >= 0.6 is 0 Å². The summed E-state index contributed by atoms with van der Waals surface area (Å²) in [6, 6.07) is 1.32. The maximum Gasteiger partial charge on any atom is 0.0589 e. The molecule has 0 bridgehead atoms. The smallest absolute Gasteiger partial charge is 0.0589 e. The van der Waals surface area contributed by atoms with Crippen LogP contribution in [0.4, 0.5) is 0 Å². The third kappa shape index (κ3) is 5.36. The number of rotatable bonds is 10. The summed E-state index contributed by atoms with van der Waals surface area (Å²) in [5.74, 6) is 0.931. The van der Waals surface area contributed by atoms with Gasteiger partial charge in [0.05, 0.1) is 6.61 Å². The van der Waals surface area contributed by atoms with Gasteiger partial charge in [-0.15, -0.1) is 0 Å². The molecular formula is C14H30N2O. The van der Waals surface area contributed by atoms with Crippen LogP contribution in [0.5, 0.6) is 0 Å². The summed E-state index contributed by atoms with van der Waals surface area (Å²) in [6.07, 6.45) is 4.04. The Balaban J connectivity index is 2.36. The van der Waals surface area contributed by atoms with Gasteiger partial charge in [0, 0.05) is 32.3 Å². The van der Waals surface area contributed by atoms with Gasteiger partial charge in [-0.3, -0.25) is 4.90 Å². The molecule has 2 unspecified atom stereocenters. The second kappa shape index (κ2) is 8.06. The Kier molecular flexibility index (Phi) is 7.09. The lowest BCUT2D eigenvalue weighted by Gasteiger charge is -2.35. The molecule has 102 valence electrons. The summed E-state index contributed by atoms with van der Waals surface area (Å²) >= 11 is 0. The zero-order chi connectivity index (χ0) is 12.7. The van der Waals surface area contributed by atoms with Gasteiger partial charge in [0.25, 0.3) is 0 Å². The molecule has 0 saturated heterocycles. The molecule has 1 fully saturated rings. The summed E-state index contributed by atoms with van der Waals surface area (Å²) in [6.45, 7) is 11.0. The van der Waals surface area contributed by atoms with Gasteiger partial charge >= 0.3 is 0 Å². The molecular weight excluding hydrogens is 212 g/mol. The fraction of sp³-hybridized carbons (Fsp3) is 1.00. The van der Waals surface area contributed by atoms with Crippen molar-refractivity contribution in [2.45, 2.75) is 52.1 Å². The lowest BCUT2D eigenvalue weighted by atomic mass is 10.1. The Bertz CT molecular complexity index is 195. The van der Waals surface area contributed by atoms with Crippen LogP contribution in [0, 0.1) is 5.92 Å². The van der Waals surface area contributed by atoms with Crippen molar-refractivity contribution in [1.29, 1.82) is 0 Å². The van der Waals surface area contributed by atoms with Gasteiger partial charge in [-0.2, -0.15) is 0 Å². The second-order valence-corrected chi connectivity index (χ2v) is 5.36. The largest absolute Gasteiger partial charge is 0.383 e. The van der Waals surface area contributed by atoms with Crippen molar-refractivity contribution in [2.24, 2.45) is 5.92 Å². The molecule has 0 aromatic carbocycles. The van der Waals surface area contributed by atoms with E-state index in [4.69, 9.17) is 4.74 Å². The third-order valence-corrected chi connectivity index (χ3v) is 3.81. The van der Waals surface area contributed by atoms with Crippen LogP contribution in [0.2, 0.25) is 0 Å². The SMILES string of the molecule is CCCNCC(C)N(CCOC)C(C)C1CC1. The van der Waals surface area contributed by atoms with E-state index in [0.717, 1.165) is 32.2 Å². The summed E-state index contributed by atoms with van der Waals surface area (Å²) in [5, 5.41) is 3.52. The molecule has 17 heavy (non-hydrogen) atoms. The molecule has 0 spiro atoms. The van der Waals surface area contributed by atoms with Gasteiger partial charge in [-0.1, -0.05) is 6.92 Å². The second-order valence-electron chi connectivity index (χ2n) is 5.36. The van der Waals surface area contributed by atoms with Crippen LogP contribution < -0.4 is 5.32 Å². The number of ether oxygens (including phenoxy) is 1. The van der Waals surface area contributed by atoms with Gasteiger partial charge in [0.15, 0.2) is 0 Å². The van der Waals surface area contributed by atoms with Crippen molar-refractivity contribution < 1.29 is 4.74 Å². The average Bonchev–Trinajstić information content (AvgIpc) is 3.13. The highest BCUT2D eigenvalue weighted by Gasteiger charge is 2.33. The minimum atomic E-state index is 0.604. The summed E-state index contributed by atoms with van der Waals surface area (Å²) < 4.78 is 5.24. The Hall–Kier alpha value is -0.120. The molecule has 0 aromatic rings. The lowest BCUT2D eigenvalue weighted by Crippen LogP contribution is -2.47. The van der Waals surface area contributed by atoms with Gasteiger partial charge < -0.3 is 10.1 Å².